The minimum atomic E-state index is -4.13. The summed E-state index contributed by atoms with van der Waals surface area (Å²) < 4.78 is 13.5. The van der Waals surface area contributed by atoms with Gasteiger partial charge in [-0.2, -0.15) is 0 Å². The molecule has 5 heteroatoms. The van der Waals surface area contributed by atoms with Gasteiger partial charge in [0.2, 0.25) is 0 Å². The number of aryl methyl sites for hydroxylation is 1. The Hall–Kier alpha value is 1.01. The number of benzene rings is 1. The Kier molecular flexibility index (Phi) is 14.1. The first-order valence-corrected chi connectivity index (χ1v) is 12.9. The van der Waals surface area contributed by atoms with Gasteiger partial charge in [-0.1, -0.05) is 63.6 Å². The van der Waals surface area contributed by atoms with Crippen molar-refractivity contribution in [1.82, 2.24) is 0 Å². The Balaban J connectivity index is 0.00000191. The number of hydrogen-bond donors (Lipinski definition) is 2. The van der Waals surface area contributed by atoms with Crippen LogP contribution >= 0.6 is 7.60 Å². The van der Waals surface area contributed by atoms with Gasteiger partial charge in [-0.25, -0.2) is 0 Å². The second-order valence-electron chi connectivity index (χ2n) is 5.04. The average Bonchev–Trinajstić information content (AvgIpc) is 2.48. The third kappa shape index (κ3) is 10.4. The van der Waals surface area contributed by atoms with E-state index in [2.05, 4.69) is 7.94 Å². The maximum atomic E-state index is 11.4. The van der Waals surface area contributed by atoms with Crippen LogP contribution in [0.25, 0.3) is 0 Å². The summed E-state index contributed by atoms with van der Waals surface area (Å²) in [5.41, 5.74) is 0.796. The molecule has 0 atom stereocenters. The molecule has 0 aromatic heterocycles. The van der Waals surface area contributed by atoms with Crippen molar-refractivity contribution in [2.75, 3.05) is 0 Å². The van der Waals surface area contributed by atoms with Crippen LogP contribution in [0.4, 0.5) is 0 Å². The molecular weight excluding hydrogens is 310 g/mol. The number of unbranched alkanes of at least 4 members (excludes halogenated alkanes) is 6. The summed E-state index contributed by atoms with van der Waals surface area (Å²) in [5, 5.41) is 0.195. The molecule has 0 aliphatic heterocycles. The molecule has 0 fully saturated rings. The topological polar surface area (TPSA) is 57.5 Å². The molecule has 1 rings (SSSR count). The van der Waals surface area contributed by atoms with E-state index in [1.54, 1.807) is 6.07 Å². The monoisotopic (exact) mass is 338 g/mol. The van der Waals surface area contributed by atoms with Crippen LogP contribution in [0.1, 0.15) is 57.4 Å². The van der Waals surface area contributed by atoms with Gasteiger partial charge >= 0.3 is 57.6 Å². The maximum absolute atomic E-state index is 11.4. The molecule has 0 amide bonds. The van der Waals surface area contributed by atoms with E-state index in [4.69, 9.17) is 0 Å². The first-order valence-electron chi connectivity index (χ1n) is 8.19. The van der Waals surface area contributed by atoms with Crippen LogP contribution in [-0.2, 0) is 11.0 Å². The molecule has 0 aliphatic carbocycles. The Bertz CT molecular complexity index is 418. The molecular formula is C16H28KO3P. The van der Waals surface area contributed by atoms with Gasteiger partial charge in [-0.15, -0.1) is 0 Å². The summed E-state index contributed by atoms with van der Waals surface area (Å²) in [6, 6.07) is 6.89. The first-order chi connectivity index (χ1) is 10.1. The van der Waals surface area contributed by atoms with Crippen molar-refractivity contribution in [2.24, 2.45) is 0 Å². The standard InChI is InChI=1S/C15H25O3P.CH3.K/c1-2-3-4-5-6-7-8-11-14-12-9-10-13-15(14)19(16,17)18;;/h9-10,12-13H,2-8,11H2,1H3,(H2,16,17,18);1H3;. The first kappa shape index (κ1) is 22.0. The van der Waals surface area contributed by atoms with Crippen LogP contribution in [0, 0.1) is 0 Å². The van der Waals surface area contributed by atoms with Gasteiger partial charge < -0.3 is 9.79 Å². The Morgan fingerprint density at radius 3 is 2.05 bits per heavy atom. The number of hydrogen-bond acceptors (Lipinski definition) is 1. The molecule has 2 N–H and O–H groups in total. The normalized spacial score (nSPS) is 11.0. The quantitative estimate of drug-likeness (QED) is 0.407. The van der Waals surface area contributed by atoms with E-state index in [0.717, 1.165) is 73.8 Å². The molecule has 0 bridgehead atoms. The van der Waals surface area contributed by atoms with Crippen LogP contribution in [-0.4, -0.2) is 58.7 Å². The Morgan fingerprint density at radius 1 is 0.952 bits per heavy atom. The fraction of sp³-hybridized carbons (Fsp3) is 0.625. The van der Waals surface area contributed by atoms with E-state index >= 15 is 0 Å². The van der Waals surface area contributed by atoms with Crippen LogP contribution in [0.3, 0.4) is 0 Å². The van der Waals surface area contributed by atoms with Gasteiger partial charge in [0.05, 0.1) is 5.30 Å². The van der Waals surface area contributed by atoms with Crippen molar-refractivity contribution in [1.29, 1.82) is 0 Å². The van der Waals surface area contributed by atoms with Crippen LogP contribution in [0.2, 0.25) is 1.02 Å². The zero-order chi connectivity index (χ0) is 16.1. The fourth-order valence-electron chi connectivity index (χ4n) is 2.28. The van der Waals surface area contributed by atoms with E-state index in [0.29, 0.717) is 0 Å². The van der Waals surface area contributed by atoms with Crippen LogP contribution < -0.4 is 5.30 Å². The Labute approximate surface area is 163 Å². The van der Waals surface area contributed by atoms with Gasteiger partial charge in [0.25, 0.3) is 0 Å². The molecule has 0 radical (unpaired) electrons. The zero-order valence-corrected chi connectivity index (χ0v) is 17.7. The van der Waals surface area contributed by atoms with Crippen LogP contribution in [0.15, 0.2) is 24.3 Å². The molecule has 116 valence electrons. The van der Waals surface area contributed by atoms with Gasteiger partial charge in [0, 0.05) is 0 Å². The molecule has 1 aromatic carbocycles. The second-order valence-corrected chi connectivity index (χ2v) is 6.61. The summed E-state index contributed by atoms with van der Waals surface area (Å²) >= 11 is 1.06. The predicted octanol–water partition coefficient (Wildman–Crippen LogP) is 3.99. The van der Waals surface area contributed by atoms with Gasteiger partial charge in [0.15, 0.2) is 0 Å². The van der Waals surface area contributed by atoms with E-state index in [1.807, 2.05) is 12.1 Å². The van der Waals surface area contributed by atoms with Crippen LogP contribution in [0.5, 0.6) is 0 Å². The molecule has 0 heterocycles. The van der Waals surface area contributed by atoms with E-state index in [9.17, 15) is 14.4 Å². The van der Waals surface area contributed by atoms with Crippen molar-refractivity contribution >= 4 is 61.9 Å². The molecule has 0 saturated carbocycles. The molecule has 0 aliphatic rings. The van der Waals surface area contributed by atoms with Gasteiger partial charge in [-0.3, -0.25) is 4.57 Å². The van der Waals surface area contributed by atoms with E-state index in [1.165, 1.54) is 38.2 Å². The SMILES string of the molecule is CCCCCCCCCc1ccccc1P(=O)(O)O.[CH3][K]. The molecule has 1 aromatic rings. The summed E-state index contributed by atoms with van der Waals surface area (Å²) in [6.45, 7) is 2.21. The number of rotatable bonds is 9. The van der Waals surface area contributed by atoms with Gasteiger partial charge in [0.1, 0.15) is 0 Å². The molecule has 0 spiro atoms. The van der Waals surface area contributed by atoms with Crippen molar-refractivity contribution in [3.63, 3.8) is 0 Å². The van der Waals surface area contributed by atoms with Crippen molar-refractivity contribution < 1.29 is 14.4 Å². The summed E-state index contributed by atoms with van der Waals surface area (Å²) in [6.07, 6.45) is 9.26. The van der Waals surface area contributed by atoms with Crippen molar-refractivity contribution in [3.8, 4) is 0 Å². The van der Waals surface area contributed by atoms with E-state index in [-0.39, 0.29) is 5.30 Å². The third-order valence-electron chi connectivity index (χ3n) is 3.36. The summed E-state index contributed by atoms with van der Waals surface area (Å²) in [5.74, 6) is 0. The third-order valence-corrected chi connectivity index (χ3v) is 4.42. The summed E-state index contributed by atoms with van der Waals surface area (Å²) in [4.78, 5) is 18.6. The predicted molar refractivity (Wildman–Crippen MR) is 91.4 cm³/mol. The Morgan fingerprint density at radius 2 is 1.48 bits per heavy atom. The second kappa shape index (κ2) is 13.4. The van der Waals surface area contributed by atoms with E-state index < -0.39 is 7.60 Å². The molecule has 0 saturated heterocycles. The van der Waals surface area contributed by atoms with Crippen molar-refractivity contribution in [2.45, 2.75) is 59.3 Å². The molecule has 3 nitrogen and oxygen atoms in total. The fourth-order valence-corrected chi connectivity index (χ4v) is 3.12. The average molecular weight is 338 g/mol. The summed E-state index contributed by atoms with van der Waals surface area (Å²) in [7, 11) is -4.13. The molecule has 21 heavy (non-hydrogen) atoms. The van der Waals surface area contributed by atoms with Crippen molar-refractivity contribution in [3.05, 3.63) is 29.8 Å². The van der Waals surface area contributed by atoms with Gasteiger partial charge in [-0.05, 0) is 24.5 Å². The minimum absolute atomic E-state index is 0.195. The molecule has 0 unspecified atom stereocenters. The zero-order valence-electron chi connectivity index (χ0n) is 13.7.